The molecule has 1 aliphatic carbocycles. The van der Waals surface area contributed by atoms with Gasteiger partial charge in [-0.2, -0.15) is 0 Å². The van der Waals surface area contributed by atoms with Crippen molar-refractivity contribution in [3.8, 4) is 11.1 Å². The van der Waals surface area contributed by atoms with Crippen molar-refractivity contribution in [1.29, 1.82) is 0 Å². The summed E-state index contributed by atoms with van der Waals surface area (Å²) in [6.45, 7) is 13.4. The Bertz CT molecular complexity index is 1390. The highest BCUT2D eigenvalue weighted by atomic mass is 16.2. The van der Waals surface area contributed by atoms with Crippen LogP contribution in [0.5, 0.6) is 0 Å². The van der Waals surface area contributed by atoms with Crippen LogP contribution in [0.1, 0.15) is 68.8 Å². The van der Waals surface area contributed by atoms with Gasteiger partial charge < -0.3 is 30.2 Å². The lowest BCUT2D eigenvalue weighted by Gasteiger charge is -2.40. The number of carbonyl (C=O) groups is 2. The van der Waals surface area contributed by atoms with Crippen molar-refractivity contribution >= 4 is 23.3 Å². The number of aromatic nitrogens is 1. The van der Waals surface area contributed by atoms with Crippen molar-refractivity contribution in [2.75, 3.05) is 70.2 Å². The second-order valence-corrected chi connectivity index (χ2v) is 13.6. The topological polar surface area (TPSA) is 84.0 Å². The fourth-order valence-corrected chi connectivity index (χ4v) is 7.32. The van der Waals surface area contributed by atoms with Crippen molar-refractivity contribution in [3.05, 3.63) is 52.7 Å². The largest absolute Gasteiger partial charge is 0.369 e. The van der Waals surface area contributed by atoms with Gasteiger partial charge in [-0.25, -0.2) is 4.98 Å². The Morgan fingerprint density at radius 2 is 1.71 bits per heavy atom. The molecule has 2 aromatic rings. The summed E-state index contributed by atoms with van der Waals surface area (Å²) in [7, 11) is 6.52. The van der Waals surface area contributed by atoms with E-state index in [-0.39, 0.29) is 24.4 Å². The molecular weight excluding hydrogens is 562 g/mol. The van der Waals surface area contributed by atoms with E-state index in [1.165, 1.54) is 12.8 Å². The Hall–Kier alpha value is -3.43. The number of likely N-dealkylation sites (N-methyl/N-ethyl adjacent to an activating group) is 1. The van der Waals surface area contributed by atoms with Gasteiger partial charge in [0.25, 0.3) is 5.91 Å². The van der Waals surface area contributed by atoms with Gasteiger partial charge in [-0.3, -0.25) is 9.59 Å². The molecule has 244 valence electrons. The lowest BCUT2D eigenvalue weighted by molar-refractivity contribution is -0.118. The van der Waals surface area contributed by atoms with Crippen LogP contribution in [0.4, 0.5) is 11.5 Å². The Morgan fingerprint density at radius 1 is 1.02 bits per heavy atom. The molecule has 2 N–H and O–H groups in total. The minimum atomic E-state index is -0.156. The molecule has 2 aliphatic heterocycles. The number of pyridine rings is 1. The molecule has 2 fully saturated rings. The van der Waals surface area contributed by atoms with Crippen molar-refractivity contribution in [2.45, 2.75) is 77.9 Å². The zero-order chi connectivity index (χ0) is 32.2. The first kappa shape index (κ1) is 32.9. The SMILES string of the molecule is CCN(c1cc(-c2ccc(N3CCN(C)CC3)nc2)cc(C(=O)NCC2=C(C)CC(C)NC2=O)c1C)C1CCC(N(C)C)CC1. The summed E-state index contributed by atoms with van der Waals surface area (Å²) in [6, 6.07) is 9.66. The van der Waals surface area contributed by atoms with E-state index in [4.69, 9.17) is 4.98 Å². The number of anilines is 2. The highest BCUT2D eigenvalue weighted by Gasteiger charge is 2.29. The van der Waals surface area contributed by atoms with Crippen LogP contribution in [0.3, 0.4) is 0 Å². The van der Waals surface area contributed by atoms with Gasteiger partial charge in [-0.15, -0.1) is 0 Å². The van der Waals surface area contributed by atoms with Crippen LogP contribution < -0.4 is 20.4 Å². The number of carbonyl (C=O) groups excluding carboxylic acids is 2. The first-order valence-electron chi connectivity index (χ1n) is 16.8. The summed E-state index contributed by atoms with van der Waals surface area (Å²) in [5, 5.41) is 6.10. The quantitative estimate of drug-likeness (QED) is 0.431. The van der Waals surface area contributed by atoms with Gasteiger partial charge in [0.1, 0.15) is 5.82 Å². The Balaban J connectivity index is 1.46. The third-order valence-corrected chi connectivity index (χ3v) is 10.2. The summed E-state index contributed by atoms with van der Waals surface area (Å²) in [6.07, 6.45) is 7.35. The summed E-state index contributed by atoms with van der Waals surface area (Å²) in [4.78, 5) is 41.0. The normalized spacial score (nSPS) is 22.9. The molecule has 0 spiro atoms. The molecular formula is C36H53N7O2. The van der Waals surface area contributed by atoms with Gasteiger partial charge in [0.15, 0.2) is 0 Å². The highest BCUT2D eigenvalue weighted by Crippen LogP contribution is 2.36. The van der Waals surface area contributed by atoms with Crippen molar-refractivity contribution < 1.29 is 9.59 Å². The number of nitrogens with zero attached hydrogens (tertiary/aromatic N) is 5. The van der Waals surface area contributed by atoms with Crippen LogP contribution in [0.25, 0.3) is 11.1 Å². The lowest BCUT2D eigenvalue weighted by Crippen LogP contribution is -2.44. The number of hydrogen-bond acceptors (Lipinski definition) is 7. The average Bonchev–Trinajstić information content (AvgIpc) is 3.02. The fraction of sp³-hybridized carbons (Fsp3) is 0.583. The minimum absolute atomic E-state index is 0.0882. The van der Waals surface area contributed by atoms with Crippen LogP contribution in [0.15, 0.2) is 41.6 Å². The van der Waals surface area contributed by atoms with Gasteiger partial charge in [-0.05, 0) is 116 Å². The van der Waals surface area contributed by atoms with E-state index in [1.807, 2.05) is 26.1 Å². The molecule has 1 atom stereocenters. The molecule has 9 heteroatoms. The summed E-state index contributed by atoms with van der Waals surface area (Å²) in [5.74, 6) is 0.750. The molecule has 9 nitrogen and oxygen atoms in total. The standard InChI is InChI=1S/C36H53N7O2/c1-8-43(30-12-10-29(11-13-30)40(5)6)33-21-28(27-9-14-34(37-22-27)42-17-15-41(7)16-18-42)20-31(26(33)4)35(44)38-23-32-24(2)19-25(3)39-36(32)45/h9,14,20-22,25,29-30H,8,10-13,15-19,23H2,1-7H3,(H,38,44)(H,39,45). The average molecular weight is 616 g/mol. The molecule has 5 rings (SSSR count). The molecule has 1 aromatic carbocycles. The van der Waals surface area contributed by atoms with Crippen LogP contribution in [-0.2, 0) is 4.79 Å². The van der Waals surface area contributed by atoms with Crippen LogP contribution >= 0.6 is 0 Å². The van der Waals surface area contributed by atoms with E-state index in [9.17, 15) is 9.59 Å². The van der Waals surface area contributed by atoms with Crippen molar-refractivity contribution in [3.63, 3.8) is 0 Å². The van der Waals surface area contributed by atoms with E-state index in [1.54, 1.807) is 0 Å². The zero-order valence-corrected chi connectivity index (χ0v) is 28.4. The highest BCUT2D eigenvalue weighted by molar-refractivity contribution is 6.01. The van der Waals surface area contributed by atoms with Crippen molar-refractivity contribution in [1.82, 2.24) is 25.4 Å². The third kappa shape index (κ3) is 7.52. The maximum absolute atomic E-state index is 13.9. The molecule has 45 heavy (non-hydrogen) atoms. The molecule has 1 unspecified atom stereocenters. The Labute approximate surface area is 270 Å². The number of benzene rings is 1. The number of hydrogen-bond donors (Lipinski definition) is 2. The molecule has 0 bridgehead atoms. The zero-order valence-electron chi connectivity index (χ0n) is 28.4. The van der Waals surface area contributed by atoms with E-state index >= 15 is 0 Å². The Morgan fingerprint density at radius 3 is 2.31 bits per heavy atom. The van der Waals surface area contributed by atoms with E-state index in [2.05, 4.69) is 83.4 Å². The van der Waals surface area contributed by atoms with Gasteiger partial charge in [0.2, 0.25) is 5.91 Å². The smallest absolute Gasteiger partial charge is 0.251 e. The summed E-state index contributed by atoms with van der Waals surface area (Å²) < 4.78 is 0. The maximum atomic E-state index is 13.9. The second kappa shape index (κ2) is 14.3. The van der Waals surface area contributed by atoms with E-state index in [0.717, 1.165) is 85.8 Å². The molecule has 2 amide bonds. The first-order chi connectivity index (χ1) is 21.5. The van der Waals surface area contributed by atoms with Gasteiger partial charge in [-0.1, -0.05) is 5.57 Å². The molecule has 1 saturated heterocycles. The van der Waals surface area contributed by atoms with Gasteiger partial charge in [0.05, 0.1) is 0 Å². The molecule has 1 aromatic heterocycles. The minimum Gasteiger partial charge on any atom is -0.369 e. The monoisotopic (exact) mass is 615 g/mol. The number of nitrogens with one attached hydrogen (secondary N) is 2. The number of rotatable bonds is 9. The molecule has 3 aliphatic rings. The lowest BCUT2D eigenvalue weighted by atomic mass is 9.88. The Kier molecular flexibility index (Phi) is 10.5. The van der Waals surface area contributed by atoms with Gasteiger partial charge in [0, 0.05) is 86.0 Å². The van der Waals surface area contributed by atoms with Gasteiger partial charge >= 0.3 is 0 Å². The van der Waals surface area contributed by atoms with Crippen molar-refractivity contribution in [2.24, 2.45) is 0 Å². The van der Waals surface area contributed by atoms with E-state index in [0.29, 0.717) is 23.2 Å². The molecule has 3 heterocycles. The fourth-order valence-electron chi connectivity index (χ4n) is 7.32. The summed E-state index contributed by atoms with van der Waals surface area (Å²) in [5.41, 5.74) is 6.40. The maximum Gasteiger partial charge on any atom is 0.251 e. The molecule has 1 saturated carbocycles. The van der Waals surface area contributed by atoms with Crippen LogP contribution in [-0.4, -0.2) is 105 Å². The van der Waals surface area contributed by atoms with Crippen LogP contribution in [0.2, 0.25) is 0 Å². The van der Waals surface area contributed by atoms with Crippen LogP contribution in [0, 0.1) is 6.92 Å². The third-order valence-electron chi connectivity index (χ3n) is 10.2. The second-order valence-electron chi connectivity index (χ2n) is 13.6. The predicted octanol–water partition coefficient (Wildman–Crippen LogP) is 4.46. The number of amides is 2. The van der Waals surface area contributed by atoms with E-state index < -0.39 is 0 Å². The first-order valence-corrected chi connectivity index (χ1v) is 16.8. The predicted molar refractivity (Wildman–Crippen MR) is 184 cm³/mol. The molecule has 0 radical (unpaired) electrons. The number of piperazine rings is 1. The summed E-state index contributed by atoms with van der Waals surface area (Å²) >= 11 is 0.